The van der Waals surface area contributed by atoms with Gasteiger partial charge in [-0.3, -0.25) is 4.68 Å². The molecule has 0 radical (unpaired) electrons. The Kier molecular flexibility index (Phi) is 4.21. The van der Waals surface area contributed by atoms with Crippen LogP contribution in [-0.2, 0) is 13.5 Å². The van der Waals surface area contributed by atoms with Gasteiger partial charge in [-0.25, -0.2) is 0 Å². The smallest absolute Gasteiger partial charge is 0.0637 e. The Morgan fingerprint density at radius 1 is 1.21 bits per heavy atom. The summed E-state index contributed by atoms with van der Waals surface area (Å²) < 4.78 is 1.89. The Morgan fingerprint density at radius 3 is 2.84 bits per heavy atom. The summed E-state index contributed by atoms with van der Waals surface area (Å²) in [6.45, 7) is 1.08. The fourth-order valence-electron chi connectivity index (χ4n) is 4.06. The number of hydrogen-bond acceptors (Lipinski definition) is 2. The highest BCUT2D eigenvalue weighted by atomic mass is 15.2. The molecular formula is C16H27N3. The summed E-state index contributed by atoms with van der Waals surface area (Å²) >= 11 is 0. The van der Waals surface area contributed by atoms with E-state index in [-0.39, 0.29) is 0 Å². The summed E-state index contributed by atoms with van der Waals surface area (Å²) in [7, 11) is 1.99. The highest BCUT2D eigenvalue weighted by Gasteiger charge is 2.31. The van der Waals surface area contributed by atoms with Crippen LogP contribution in [0.25, 0.3) is 0 Å². The molecule has 1 aromatic rings. The second-order valence-corrected chi connectivity index (χ2v) is 6.50. The second-order valence-electron chi connectivity index (χ2n) is 6.50. The minimum absolute atomic E-state index is 0.767. The van der Waals surface area contributed by atoms with Crippen LogP contribution in [0.1, 0.15) is 50.6 Å². The molecule has 3 nitrogen and oxygen atoms in total. The van der Waals surface area contributed by atoms with Gasteiger partial charge in [-0.15, -0.1) is 0 Å². The van der Waals surface area contributed by atoms with Crippen LogP contribution < -0.4 is 5.32 Å². The molecule has 0 bridgehead atoms. The lowest BCUT2D eigenvalue weighted by atomic mass is 9.69. The van der Waals surface area contributed by atoms with E-state index in [4.69, 9.17) is 0 Å². The fourth-order valence-corrected chi connectivity index (χ4v) is 4.06. The molecule has 0 saturated heterocycles. The number of aryl methyl sites for hydroxylation is 1. The molecule has 0 aromatic carbocycles. The standard InChI is InChI=1S/C16H27N3/c1-19-11-9-15(18-19)8-10-17-16-7-6-13-4-2-3-5-14(13)12-16/h9,11,13-14,16-17H,2-8,10,12H2,1H3. The summed E-state index contributed by atoms with van der Waals surface area (Å²) in [5, 5.41) is 8.20. The monoisotopic (exact) mass is 261 g/mol. The van der Waals surface area contributed by atoms with Crippen molar-refractivity contribution in [3.63, 3.8) is 0 Å². The van der Waals surface area contributed by atoms with Gasteiger partial charge in [0.15, 0.2) is 0 Å². The van der Waals surface area contributed by atoms with Crippen molar-refractivity contribution < 1.29 is 0 Å². The first-order chi connectivity index (χ1) is 9.31. The molecule has 2 saturated carbocycles. The number of nitrogens with zero attached hydrogens (tertiary/aromatic N) is 2. The van der Waals surface area contributed by atoms with Gasteiger partial charge in [0.05, 0.1) is 5.69 Å². The maximum atomic E-state index is 4.44. The van der Waals surface area contributed by atoms with Crippen LogP contribution in [0.5, 0.6) is 0 Å². The van der Waals surface area contributed by atoms with Crippen LogP contribution in [0, 0.1) is 11.8 Å². The van der Waals surface area contributed by atoms with Crippen molar-refractivity contribution in [2.24, 2.45) is 18.9 Å². The number of fused-ring (bicyclic) bond motifs is 1. The molecule has 2 aliphatic rings. The van der Waals surface area contributed by atoms with Crippen LogP contribution in [0.15, 0.2) is 12.3 Å². The largest absolute Gasteiger partial charge is 0.314 e. The highest BCUT2D eigenvalue weighted by molar-refractivity contribution is 4.99. The van der Waals surface area contributed by atoms with Gasteiger partial charge in [0, 0.05) is 32.3 Å². The van der Waals surface area contributed by atoms with E-state index in [1.165, 1.54) is 50.6 Å². The van der Waals surface area contributed by atoms with Crippen molar-refractivity contribution in [1.82, 2.24) is 15.1 Å². The van der Waals surface area contributed by atoms with Crippen molar-refractivity contribution >= 4 is 0 Å². The van der Waals surface area contributed by atoms with Crippen LogP contribution in [-0.4, -0.2) is 22.4 Å². The van der Waals surface area contributed by atoms with Gasteiger partial charge in [0.25, 0.3) is 0 Å². The van der Waals surface area contributed by atoms with E-state index in [0.29, 0.717) is 0 Å². The van der Waals surface area contributed by atoms with E-state index >= 15 is 0 Å². The predicted octanol–water partition coefficient (Wildman–Crippen LogP) is 2.91. The van der Waals surface area contributed by atoms with Gasteiger partial charge in [0.1, 0.15) is 0 Å². The van der Waals surface area contributed by atoms with Crippen molar-refractivity contribution in [3.05, 3.63) is 18.0 Å². The molecule has 1 heterocycles. The normalized spacial score (nSPS) is 31.1. The average Bonchev–Trinajstić information content (AvgIpc) is 2.84. The van der Waals surface area contributed by atoms with E-state index in [1.807, 2.05) is 17.9 Å². The zero-order valence-electron chi connectivity index (χ0n) is 12.1. The molecule has 0 spiro atoms. The quantitative estimate of drug-likeness (QED) is 0.903. The first-order valence-electron chi connectivity index (χ1n) is 8.03. The zero-order chi connectivity index (χ0) is 13.1. The van der Waals surface area contributed by atoms with Gasteiger partial charge in [-0.1, -0.05) is 25.7 Å². The van der Waals surface area contributed by atoms with E-state index in [9.17, 15) is 0 Å². The summed E-state index contributed by atoms with van der Waals surface area (Å²) in [5.74, 6) is 2.08. The van der Waals surface area contributed by atoms with Crippen molar-refractivity contribution in [2.75, 3.05) is 6.54 Å². The maximum Gasteiger partial charge on any atom is 0.0637 e. The fraction of sp³-hybridized carbons (Fsp3) is 0.812. The SMILES string of the molecule is Cn1ccc(CCNC2CCC3CCCCC3C2)n1. The van der Waals surface area contributed by atoms with Crippen LogP contribution in [0.2, 0.25) is 0 Å². The molecule has 1 N–H and O–H groups in total. The Balaban J connectivity index is 1.41. The minimum Gasteiger partial charge on any atom is -0.314 e. The lowest BCUT2D eigenvalue weighted by Gasteiger charge is -2.39. The zero-order valence-corrected chi connectivity index (χ0v) is 12.1. The number of aromatic nitrogens is 2. The molecule has 3 rings (SSSR count). The Hall–Kier alpha value is -0.830. The minimum atomic E-state index is 0.767. The molecule has 19 heavy (non-hydrogen) atoms. The molecule has 3 atom stereocenters. The second kappa shape index (κ2) is 6.08. The molecule has 3 unspecified atom stereocenters. The predicted molar refractivity (Wildman–Crippen MR) is 78.0 cm³/mol. The molecule has 0 aliphatic heterocycles. The van der Waals surface area contributed by atoms with E-state index in [0.717, 1.165) is 30.8 Å². The van der Waals surface area contributed by atoms with Crippen LogP contribution in [0.4, 0.5) is 0 Å². The molecular weight excluding hydrogens is 234 g/mol. The summed E-state index contributed by atoms with van der Waals surface area (Å²) in [4.78, 5) is 0. The van der Waals surface area contributed by atoms with Gasteiger partial charge in [0.2, 0.25) is 0 Å². The summed E-state index contributed by atoms with van der Waals surface area (Å²) in [6, 6.07) is 2.89. The molecule has 1 aromatic heterocycles. The van der Waals surface area contributed by atoms with E-state index in [1.54, 1.807) is 0 Å². The first kappa shape index (κ1) is 13.2. The van der Waals surface area contributed by atoms with Gasteiger partial charge < -0.3 is 5.32 Å². The number of nitrogens with one attached hydrogen (secondary N) is 1. The van der Waals surface area contributed by atoms with Gasteiger partial charge in [-0.2, -0.15) is 5.10 Å². The molecule has 106 valence electrons. The topological polar surface area (TPSA) is 29.9 Å². The van der Waals surface area contributed by atoms with E-state index < -0.39 is 0 Å². The average molecular weight is 261 g/mol. The van der Waals surface area contributed by atoms with Crippen LogP contribution in [0.3, 0.4) is 0 Å². The third kappa shape index (κ3) is 3.38. The number of rotatable bonds is 4. The number of hydrogen-bond donors (Lipinski definition) is 1. The molecule has 2 fully saturated rings. The lowest BCUT2D eigenvalue weighted by Crippen LogP contribution is -2.39. The van der Waals surface area contributed by atoms with E-state index in [2.05, 4.69) is 16.5 Å². The highest BCUT2D eigenvalue weighted by Crippen LogP contribution is 2.40. The summed E-state index contributed by atoms with van der Waals surface area (Å²) in [5.41, 5.74) is 1.21. The molecule has 2 aliphatic carbocycles. The maximum absolute atomic E-state index is 4.44. The van der Waals surface area contributed by atoms with Gasteiger partial charge >= 0.3 is 0 Å². The Labute approximate surface area is 116 Å². The summed E-state index contributed by atoms with van der Waals surface area (Å²) in [6.07, 6.45) is 13.3. The first-order valence-corrected chi connectivity index (χ1v) is 8.03. The Morgan fingerprint density at radius 2 is 2.05 bits per heavy atom. The van der Waals surface area contributed by atoms with Crippen molar-refractivity contribution in [3.8, 4) is 0 Å². The molecule has 0 amide bonds. The lowest BCUT2D eigenvalue weighted by molar-refractivity contribution is 0.144. The van der Waals surface area contributed by atoms with Crippen molar-refractivity contribution in [1.29, 1.82) is 0 Å². The third-order valence-corrected chi connectivity index (χ3v) is 5.12. The molecule has 3 heteroatoms. The van der Waals surface area contributed by atoms with Gasteiger partial charge in [-0.05, 0) is 37.2 Å². The Bertz CT molecular complexity index is 398. The third-order valence-electron chi connectivity index (χ3n) is 5.12. The van der Waals surface area contributed by atoms with Crippen molar-refractivity contribution in [2.45, 2.75) is 57.4 Å². The van der Waals surface area contributed by atoms with Crippen LogP contribution >= 0.6 is 0 Å².